The van der Waals surface area contributed by atoms with Crippen molar-refractivity contribution in [1.29, 1.82) is 0 Å². The molecule has 1 aliphatic rings. The molecule has 0 radical (unpaired) electrons. The molecule has 0 atom stereocenters. The van der Waals surface area contributed by atoms with E-state index in [0.717, 1.165) is 6.54 Å². The van der Waals surface area contributed by atoms with Gasteiger partial charge in [0.05, 0.1) is 0 Å². The first-order valence-electron chi connectivity index (χ1n) is 6.12. The molecule has 1 N–H and O–H groups in total. The maximum absolute atomic E-state index is 3.61. The van der Waals surface area contributed by atoms with Gasteiger partial charge in [-0.2, -0.15) is 0 Å². The summed E-state index contributed by atoms with van der Waals surface area (Å²) in [6.45, 7) is 10.6. The van der Waals surface area contributed by atoms with Crippen LogP contribution in [0.3, 0.4) is 0 Å². The third-order valence-corrected chi connectivity index (χ3v) is 3.17. The van der Waals surface area contributed by atoms with Crippen LogP contribution in [0.5, 0.6) is 0 Å². The predicted octanol–water partition coefficient (Wildman–Crippen LogP) is 1.01. The van der Waals surface area contributed by atoms with E-state index in [0.29, 0.717) is 5.54 Å². The second kappa shape index (κ2) is 5.83. The number of hydrogen-bond acceptors (Lipinski definition) is 3. The molecule has 0 spiro atoms. The Morgan fingerprint density at radius 2 is 2.00 bits per heavy atom. The fraction of sp³-hybridized carbons (Fsp3) is 1.00. The Labute approximate surface area is 94.8 Å². The van der Waals surface area contributed by atoms with Gasteiger partial charge in [0.2, 0.25) is 0 Å². The van der Waals surface area contributed by atoms with E-state index in [2.05, 4.69) is 43.1 Å². The van der Waals surface area contributed by atoms with Crippen molar-refractivity contribution in [3.63, 3.8) is 0 Å². The zero-order valence-electron chi connectivity index (χ0n) is 10.8. The summed E-state index contributed by atoms with van der Waals surface area (Å²) in [5.41, 5.74) is 0.316. The van der Waals surface area contributed by atoms with Crippen LogP contribution < -0.4 is 5.32 Å². The number of rotatable bonds is 3. The Morgan fingerprint density at radius 3 is 2.67 bits per heavy atom. The lowest BCUT2D eigenvalue weighted by atomic mass is 9.99. The van der Waals surface area contributed by atoms with Crippen molar-refractivity contribution in [3.8, 4) is 0 Å². The Bertz CT molecular complexity index is 178. The molecule has 0 aromatic heterocycles. The highest BCUT2D eigenvalue weighted by Crippen LogP contribution is 2.12. The monoisotopic (exact) mass is 213 g/mol. The summed E-state index contributed by atoms with van der Waals surface area (Å²) in [6.07, 6.45) is 2.53. The fourth-order valence-electron chi connectivity index (χ4n) is 1.93. The fourth-order valence-corrected chi connectivity index (χ4v) is 1.93. The zero-order valence-corrected chi connectivity index (χ0v) is 10.8. The third kappa shape index (κ3) is 5.50. The SMILES string of the molecule is CN(C)CCN1CCCNC(C)(C)CC1. The molecule has 0 saturated carbocycles. The topological polar surface area (TPSA) is 18.5 Å². The minimum absolute atomic E-state index is 0.316. The molecule has 3 heteroatoms. The van der Waals surface area contributed by atoms with Gasteiger partial charge in [-0.25, -0.2) is 0 Å². The second-order valence-corrected chi connectivity index (χ2v) is 5.56. The Balaban J connectivity index is 2.32. The number of nitrogens with one attached hydrogen (secondary N) is 1. The van der Waals surface area contributed by atoms with Crippen LogP contribution in [0.4, 0.5) is 0 Å². The Morgan fingerprint density at radius 1 is 1.27 bits per heavy atom. The molecule has 1 fully saturated rings. The smallest absolute Gasteiger partial charge is 0.0137 e. The number of nitrogens with zero attached hydrogens (tertiary/aromatic N) is 2. The summed E-state index contributed by atoms with van der Waals surface area (Å²) in [5, 5.41) is 3.61. The van der Waals surface area contributed by atoms with Crippen molar-refractivity contribution in [3.05, 3.63) is 0 Å². The van der Waals surface area contributed by atoms with Crippen LogP contribution in [-0.2, 0) is 0 Å². The van der Waals surface area contributed by atoms with Crippen molar-refractivity contribution in [2.45, 2.75) is 32.2 Å². The Kier molecular flexibility index (Phi) is 5.03. The molecule has 90 valence electrons. The van der Waals surface area contributed by atoms with Gasteiger partial charge in [-0.1, -0.05) is 0 Å². The van der Waals surface area contributed by atoms with Crippen LogP contribution in [0, 0.1) is 0 Å². The first-order chi connectivity index (χ1) is 6.99. The largest absolute Gasteiger partial charge is 0.312 e. The standard InChI is InChI=1S/C12H27N3/c1-12(2)6-9-15(8-5-7-13-12)11-10-14(3)4/h13H,5-11H2,1-4H3. The lowest BCUT2D eigenvalue weighted by Gasteiger charge is -2.34. The first kappa shape index (κ1) is 12.9. The molecule has 0 bridgehead atoms. The van der Waals surface area contributed by atoms with Crippen LogP contribution in [0.1, 0.15) is 26.7 Å². The molecule has 0 unspecified atom stereocenters. The lowest BCUT2D eigenvalue weighted by Crippen LogP contribution is -2.47. The van der Waals surface area contributed by atoms with Crippen molar-refractivity contribution in [2.75, 3.05) is 46.8 Å². The van der Waals surface area contributed by atoms with Gasteiger partial charge in [0.1, 0.15) is 0 Å². The molecule has 1 heterocycles. The van der Waals surface area contributed by atoms with Crippen molar-refractivity contribution >= 4 is 0 Å². The normalized spacial score (nSPS) is 23.8. The van der Waals surface area contributed by atoms with Gasteiger partial charge in [0, 0.05) is 18.6 Å². The van der Waals surface area contributed by atoms with Crippen LogP contribution in [0.2, 0.25) is 0 Å². The van der Waals surface area contributed by atoms with Crippen molar-refractivity contribution in [2.24, 2.45) is 0 Å². The zero-order chi connectivity index (χ0) is 11.3. The highest BCUT2D eigenvalue weighted by molar-refractivity contribution is 4.81. The quantitative estimate of drug-likeness (QED) is 0.755. The molecule has 1 saturated heterocycles. The Hall–Kier alpha value is -0.120. The van der Waals surface area contributed by atoms with E-state index in [4.69, 9.17) is 0 Å². The average Bonchev–Trinajstić information content (AvgIpc) is 2.12. The average molecular weight is 213 g/mol. The third-order valence-electron chi connectivity index (χ3n) is 3.17. The maximum atomic E-state index is 3.61. The maximum Gasteiger partial charge on any atom is 0.0137 e. The van der Waals surface area contributed by atoms with E-state index in [1.807, 2.05) is 0 Å². The summed E-state index contributed by atoms with van der Waals surface area (Å²) >= 11 is 0. The van der Waals surface area contributed by atoms with Gasteiger partial charge in [0.25, 0.3) is 0 Å². The molecule has 0 aromatic rings. The minimum Gasteiger partial charge on any atom is -0.312 e. The number of likely N-dealkylation sites (N-methyl/N-ethyl adjacent to an activating group) is 1. The van der Waals surface area contributed by atoms with E-state index < -0.39 is 0 Å². The van der Waals surface area contributed by atoms with Crippen LogP contribution in [0.25, 0.3) is 0 Å². The van der Waals surface area contributed by atoms with Gasteiger partial charge >= 0.3 is 0 Å². The lowest BCUT2D eigenvalue weighted by molar-refractivity contribution is 0.190. The molecular formula is C12H27N3. The molecule has 0 amide bonds. The summed E-state index contributed by atoms with van der Waals surface area (Å²) in [4.78, 5) is 4.87. The van der Waals surface area contributed by atoms with E-state index in [9.17, 15) is 0 Å². The highest BCUT2D eigenvalue weighted by atomic mass is 15.2. The molecule has 1 rings (SSSR count). The minimum atomic E-state index is 0.316. The highest BCUT2D eigenvalue weighted by Gasteiger charge is 2.20. The van der Waals surface area contributed by atoms with Crippen molar-refractivity contribution in [1.82, 2.24) is 15.1 Å². The van der Waals surface area contributed by atoms with E-state index in [-0.39, 0.29) is 0 Å². The number of hydrogen-bond donors (Lipinski definition) is 1. The second-order valence-electron chi connectivity index (χ2n) is 5.56. The van der Waals surface area contributed by atoms with Gasteiger partial charge in [-0.05, 0) is 60.4 Å². The predicted molar refractivity (Wildman–Crippen MR) is 66.3 cm³/mol. The molecule has 1 aliphatic heterocycles. The van der Waals surface area contributed by atoms with Crippen LogP contribution in [-0.4, -0.2) is 62.2 Å². The van der Waals surface area contributed by atoms with Crippen LogP contribution >= 0.6 is 0 Å². The van der Waals surface area contributed by atoms with E-state index >= 15 is 0 Å². The van der Waals surface area contributed by atoms with E-state index in [1.54, 1.807) is 0 Å². The van der Waals surface area contributed by atoms with Gasteiger partial charge < -0.3 is 15.1 Å². The summed E-state index contributed by atoms with van der Waals surface area (Å²) in [5.74, 6) is 0. The molecule has 0 aliphatic carbocycles. The van der Waals surface area contributed by atoms with Crippen molar-refractivity contribution < 1.29 is 0 Å². The summed E-state index contributed by atoms with van der Waals surface area (Å²) in [6, 6.07) is 0. The molecule has 3 nitrogen and oxygen atoms in total. The van der Waals surface area contributed by atoms with Gasteiger partial charge in [-0.15, -0.1) is 0 Å². The molecular weight excluding hydrogens is 186 g/mol. The summed E-state index contributed by atoms with van der Waals surface area (Å²) in [7, 11) is 4.30. The molecule has 0 aromatic carbocycles. The van der Waals surface area contributed by atoms with Gasteiger partial charge in [0.15, 0.2) is 0 Å². The molecule has 15 heavy (non-hydrogen) atoms. The van der Waals surface area contributed by atoms with Gasteiger partial charge in [-0.3, -0.25) is 0 Å². The van der Waals surface area contributed by atoms with Crippen LogP contribution in [0.15, 0.2) is 0 Å². The first-order valence-corrected chi connectivity index (χ1v) is 6.12. The summed E-state index contributed by atoms with van der Waals surface area (Å²) < 4.78 is 0. The van der Waals surface area contributed by atoms with E-state index in [1.165, 1.54) is 39.0 Å².